The van der Waals surface area contributed by atoms with Gasteiger partial charge in [0.25, 0.3) is 5.91 Å². The molecule has 0 aromatic rings. The van der Waals surface area contributed by atoms with Crippen molar-refractivity contribution in [3.05, 3.63) is 0 Å². The third kappa shape index (κ3) is 31.2. The van der Waals surface area contributed by atoms with Crippen LogP contribution in [0, 0.1) is 0 Å². The van der Waals surface area contributed by atoms with Crippen molar-refractivity contribution in [2.24, 2.45) is 0 Å². The second-order valence-electron chi connectivity index (χ2n) is 28.0. The predicted molar refractivity (Wildman–Crippen MR) is 364 cm³/mol. The minimum atomic E-state index is -2.59. The van der Waals surface area contributed by atoms with Gasteiger partial charge in [-0.2, -0.15) is 0 Å². The number of esters is 2. The highest BCUT2D eigenvalue weighted by molar-refractivity contribution is 5.87. The zero-order valence-electron chi connectivity index (χ0n) is 60.3. The van der Waals surface area contributed by atoms with Crippen LogP contribution in [-0.4, -0.2) is 304 Å². The fourth-order valence-electron chi connectivity index (χ4n) is 13.2. The smallest absolute Gasteiger partial charge is 0.328 e. The molecule has 0 aromatic heterocycles. The van der Waals surface area contributed by atoms with E-state index in [1.165, 1.54) is 135 Å². The van der Waals surface area contributed by atoms with E-state index >= 15 is 0 Å². The third-order valence-corrected chi connectivity index (χ3v) is 19.7. The molecule has 31 nitrogen and oxygen atoms in total. The first-order valence-corrected chi connectivity index (χ1v) is 38.2. The van der Waals surface area contributed by atoms with E-state index in [0.717, 1.165) is 57.8 Å². The molecule has 1 amide bonds. The second-order valence-corrected chi connectivity index (χ2v) is 28.0. The summed E-state index contributed by atoms with van der Waals surface area (Å²) < 4.78 is 55.9. The number of aliphatic hydroxyl groups is 17. The summed E-state index contributed by atoms with van der Waals surface area (Å²) in [5, 5.41) is 185. The van der Waals surface area contributed by atoms with E-state index in [1.807, 2.05) is 0 Å². The highest BCUT2D eigenvalue weighted by atomic mass is 16.8. The van der Waals surface area contributed by atoms with Gasteiger partial charge < -0.3 is 139 Å². The average molecular weight is 1480 g/mol. The van der Waals surface area contributed by atoms with Gasteiger partial charge in [0.05, 0.1) is 46.2 Å². The lowest BCUT2D eigenvalue weighted by Crippen LogP contribution is -2.67. The fourth-order valence-corrected chi connectivity index (χ4v) is 13.2. The number of aliphatic hydroxyl groups excluding tert-OH is 17. The molecular formula is C71H131NO30. The molecule has 4 rings (SSSR count). The Morgan fingerprint density at radius 2 is 0.696 bits per heavy atom. The Hall–Kier alpha value is -2.59. The summed E-state index contributed by atoms with van der Waals surface area (Å²) in [6.45, 7) is -0.594. The van der Waals surface area contributed by atoms with Gasteiger partial charge >= 0.3 is 11.9 Å². The normalized spacial score (nSPS) is 31.4. The van der Waals surface area contributed by atoms with Gasteiger partial charge in [-0.1, -0.05) is 206 Å². The van der Waals surface area contributed by atoms with Crippen LogP contribution in [0.2, 0.25) is 0 Å². The van der Waals surface area contributed by atoms with Crippen LogP contribution in [0.1, 0.15) is 232 Å². The number of ether oxygens (including phenoxy) is 10. The molecule has 102 heavy (non-hydrogen) atoms. The number of carbonyl (C=O) groups is 3. The summed E-state index contributed by atoms with van der Waals surface area (Å²) in [4.78, 5) is 40.5. The molecule has 0 aromatic carbocycles. The Labute approximate surface area is 601 Å². The maximum absolute atomic E-state index is 13.8. The zero-order chi connectivity index (χ0) is 74.9. The Morgan fingerprint density at radius 3 is 1.05 bits per heavy atom. The molecule has 4 fully saturated rings. The number of carbonyl (C=O) groups excluding carboxylic acids is 3. The summed E-state index contributed by atoms with van der Waals surface area (Å²) in [6.07, 6.45) is -12.3. The van der Waals surface area contributed by atoms with Crippen LogP contribution in [-0.2, 0) is 61.8 Å². The first kappa shape index (κ1) is 91.8. The molecule has 4 heterocycles. The van der Waals surface area contributed by atoms with Gasteiger partial charge in [0, 0.05) is 6.42 Å². The van der Waals surface area contributed by atoms with Gasteiger partial charge in [-0.05, 0) is 19.3 Å². The van der Waals surface area contributed by atoms with E-state index in [1.54, 1.807) is 0 Å². The number of amides is 1. The quantitative estimate of drug-likeness (QED) is 0.0293. The molecule has 4 aliphatic heterocycles. The van der Waals surface area contributed by atoms with Crippen LogP contribution in [0.15, 0.2) is 0 Å². The van der Waals surface area contributed by atoms with Gasteiger partial charge in [-0.3, -0.25) is 9.59 Å². The number of rotatable bonds is 56. The molecule has 0 radical (unpaired) electrons. The molecule has 4 saturated heterocycles. The number of nitrogens with one attached hydrogen (secondary N) is 1. The van der Waals surface area contributed by atoms with Gasteiger partial charge in [-0.15, -0.1) is 0 Å². The standard InChI is InChI=1S/C71H131NO30/c1-3-5-7-9-11-13-15-17-19-21-23-25-27-29-31-33-37-93-50(79)36-35-44(67(92)94-38-34-32-30-28-26-24-22-20-18-16-14-12-10-8-6-4-2)72-66(91)57(86)53(82)62(45(78)39-73)99-69-59(88)54(83)64(47(41-75)96-69)101-71-61(90)56(85)65(49(43-77)98-71)102-70-60(89)55(84)63(48(42-76)97-70)100-68-58(87)52(81)51(80)46(40-74)95-68/h44-49,51-65,68-71,73-78,80-90H,3-43H2,1-2H3,(H,72,91)/t44-,45+,46+,47+,48+,49+,51+,52-,53+,54+,55+,56+,57+,58+,59+,60+,61+,62+,63+,64+,65+,68+,69+,70+,71+/m0/s1. The molecule has 0 saturated carbocycles. The molecular weight excluding hydrogens is 1350 g/mol. The molecule has 31 heteroatoms. The van der Waals surface area contributed by atoms with Crippen LogP contribution in [0.25, 0.3) is 0 Å². The van der Waals surface area contributed by atoms with E-state index in [4.69, 9.17) is 47.4 Å². The van der Waals surface area contributed by atoms with Crippen LogP contribution in [0.4, 0.5) is 0 Å². The van der Waals surface area contributed by atoms with Crippen molar-refractivity contribution in [1.29, 1.82) is 0 Å². The van der Waals surface area contributed by atoms with Crippen LogP contribution in [0.5, 0.6) is 0 Å². The Bertz CT molecular complexity index is 2160. The largest absolute Gasteiger partial charge is 0.466 e. The monoisotopic (exact) mass is 1480 g/mol. The van der Waals surface area contributed by atoms with E-state index in [-0.39, 0.29) is 26.1 Å². The highest BCUT2D eigenvalue weighted by Gasteiger charge is 2.56. The van der Waals surface area contributed by atoms with Gasteiger partial charge in [-0.25, -0.2) is 4.79 Å². The van der Waals surface area contributed by atoms with Crippen molar-refractivity contribution in [3.63, 3.8) is 0 Å². The third-order valence-electron chi connectivity index (χ3n) is 19.7. The first-order valence-electron chi connectivity index (χ1n) is 38.2. The number of hydrogen-bond donors (Lipinski definition) is 18. The first-order chi connectivity index (χ1) is 49.1. The topological polar surface area (TPSA) is 499 Å². The lowest BCUT2D eigenvalue weighted by molar-refractivity contribution is -0.390. The van der Waals surface area contributed by atoms with Crippen molar-refractivity contribution >= 4 is 17.8 Å². The average Bonchev–Trinajstić information content (AvgIpc) is 0.788. The zero-order valence-corrected chi connectivity index (χ0v) is 60.3. The Kier molecular flexibility index (Phi) is 47.2. The van der Waals surface area contributed by atoms with Crippen molar-refractivity contribution < 1.29 is 149 Å². The Morgan fingerprint density at radius 1 is 0.382 bits per heavy atom. The minimum Gasteiger partial charge on any atom is -0.466 e. The summed E-state index contributed by atoms with van der Waals surface area (Å²) in [6, 6.07) is -1.57. The molecule has 25 atom stereocenters. The molecule has 600 valence electrons. The van der Waals surface area contributed by atoms with Crippen LogP contribution < -0.4 is 5.32 Å². The molecule has 4 aliphatic rings. The summed E-state index contributed by atoms with van der Waals surface area (Å²) in [5.41, 5.74) is 0. The fraction of sp³-hybridized carbons (Fsp3) is 0.958. The van der Waals surface area contributed by atoms with Gasteiger partial charge in [0.2, 0.25) is 0 Å². The van der Waals surface area contributed by atoms with Crippen LogP contribution in [0.3, 0.4) is 0 Å². The maximum Gasteiger partial charge on any atom is 0.328 e. The SMILES string of the molecule is CCCCCCCCCCCCCCCCCCOC(=O)CC[C@H](NC(=O)[C@H](O)[C@@H](O)[C@H](O[C@H]1O[C@H](CO)[C@@H](O[C@H]2O[C@H](CO)[C@@H](O[C@H]3O[C@H](CO)[C@@H](O[C@H]4O[C@H](CO)[C@@H](O)[C@H](O)[C@H]4O)[C@H](O)[C@H]3O)[C@H](O)[C@H]2O)[C@H](O)[C@H]1O)[C@H](O)CO)C(=O)OCCCCCCCCCCCCCCCCCC. The Balaban J connectivity index is 1.32. The molecule has 0 unspecified atom stereocenters. The lowest BCUT2D eigenvalue weighted by Gasteiger charge is -2.49. The van der Waals surface area contributed by atoms with Crippen LogP contribution >= 0.6 is 0 Å². The molecule has 0 aliphatic carbocycles. The van der Waals surface area contributed by atoms with Crippen molar-refractivity contribution in [2.45, 2.75) is 385 Å². The summed E-state index contributed by atoms with van der Waals surface area (Å²) in [7, 11) is 0. The molecule has 0 spiro atoms. The number of unbranched alkanes of at least 4 members (excludes halogenated alkanes) is 30. The van der Waals surface area contributed by atoms with Crippen molar-refractivity contribution in [3.8, 4) is 0 Å². The van der Waals surface area contributed by atoms with E-state index in [2.05, 4.69) is 19.2 Å². The van der Waals surface area contributed by atoms with E-state index in [0.29, 0.717) is 12.8 Å². The summed E-state index contributed by atoms with van der Waals surface area (Å²) >= 11 is 0. The van der Waals surface area contributed by atoms with E-state index in [9.17, 15) is 101 Å². The van der Waals surface area contributed by atoms with Gasteiger partial charge in [0.1, 0.15) is 122 Å². The van der Waals surface area contributed by atoms with E-state index < -0.39 is 204 Å². The minimum absolute atomic E-state index is 0.0219. The maximum atomic E-state index is 13.8. The summed E-state index contributed by atoms with van der Waals surface area (Å²) in [5.74, 6) is -3.04. The van der Waals surface area contributed by atoms with Gasteiger partial charge in [0.15, 0.2) is 31.3 Å². The van der Waals surface area contributed by atoms with Crippen molar-refractivity contribution in [2.75, 3.05) is 46.2 Å². The second kappa shape index (κ2) is 52.5. The predicted octanol–water partition coefficient (Wildman–Crippen LogP) is 0.594. The molecule has 0 bridgehead atoms. The number of hydrogen-bond acceptors (Lipinski definition) is 30. The lowest BCUT2D eigenvalue weighted by atomic mass is 9.95. The molecule has 18 N–H and O–H groups in total. The highest BCUT2D eigenvalue weighted by Crippen LogP contribution is 2.35. The van der Waals surface area contributed by atoms with Crippen molar-refractivity contribution in [1.82, 2.24) is 5.32 Å².